The molecule has 1 saturated heterocycles. The summed E-state index contributed by atoms with van der Waals surface area (Å²) >= 11 is 0. The maximum Gasteiger partial charge on any atom is 0.312 e. The van der Waals surface area contributed by atoms with Crippen LogP contribution < -0.4 is 0 Å². The molecule has 4 unspecified atom stereocenters. The maximum absolute atomic E-state index is 13.0. The molecule has 0 radical (unpaired) electrons. The van der Waals surface area contributed by atoms with E-state index in [2.05, 4.69) is 0 Å². The zero-order valence-electron chi connectivity index (χ0n) is 17.7. The molecule has 1 saturated carbocycles. The second-order valence-electron chi connectivity index (χ2n) is 9.91. The summed E-state index contributed by atoms with van der Waals surface area (Å²) in [5, 5.41) is 0. The van der Waals surface area contributed by atoms with Crippen LogP contribution in [-0.4, -0.2) is 35.7 Å². The van der Waals surface area contributed by atoms with E-state index in [0.717, 1.165) is 0 Å². The van der Waals surface area contributed by atoms with Crippen molar-refractivity contribution in [2.75, 3.05) is 0 Å². The molecule has 0 aromatic heterocycles. The van der Waals surface area contributed by atoms with Crippen molar-refractivity contribution in [3.63, 3.8) is 0 Å². The van der Waals surface area contributed by atoms with Gasteiger partial charge in [-0.3, -0.25) is 14.4 Å². The molecule has 4 atom stereocenters. The Morgan fingerprint density at radius 3 is 2.26 bits per heavy atom. The Balaban J connectivity index is 2.05. The third-order valence-electron chi connectivity index (χ3n) is 5.65. The molecule has 27 heavy (non-hydrogen) atoms. The molecule has 1 heterocycles. The van der Waals surface area contributed by atoms with E-state index in [1.54, 1.807) is 13.8 Å². The molecular weight excluding hydrogens is 348 g/mol. The molecule has 2 rings (SSSR count). The van der Waals surface area contributed by atoms with Crippen molar-refractivity contribution in [1.82, 2.24) is 0 Å². The third-order valence-corrected chi connectivity index (χ3v) is 5.65. The normalized spacial score (nSPS) is 27.5. The van der Waals surface area contributed by atoms with Crippen LogP contribution in [0.2, 0.25) is 0 Å². The quantitative estimate of drug-likeness (QED) is 0.514. The van der Waals surface area contributed by atoms with Gasteiger partial charge in [0.15, 0.2) is 0 Å². The summed E-state index contributed by atoms with van der Waals surface area (Å²) in [7, 11) is 0. The first-order valence-corrected chi connectivity index (χ1v) is 9.92. The first-order valence-electron chi connectivity index (χ1n) is 9.92. The molecule has 1 aliphatic heterocycles. The highest BCUT2D eigenvalue weighted by Crippen LogP contribution is 2.41. The van der Waals surface area contributed by atoms with Crippen molar-refractivity contribution in [1.29, 1.82) is 0 Å². The minimum atomic E-state index is -0.825. The van der Waals surface area contributed by atoms with Crippen LogP contribution in [0.15, 0.2) is 0 Å². The topological polar surface area (TPSA) is 78.9 Å². The minimum Gasteiger partial charge on any atom is -0.460 e. The molecule has 0 N–H and O–H groups in total. The number of hydrogen-bond donors (Lipinski definition) is 0. The number of esters is 3. The highest BCUT2D eigenvalue weighted by Gasteiger charge is 2.48. The number of carbonyl (C=O) groups is 3. The summed E-state index contributed by atoms with van der Waals surface area (Å²) in [5.74, 6) is -0.891. The fourth-order valence-electron chi connectivity index (χ4n) is 3.90. The third kappa shape index (κ3) is 5.02. The molecule has 6 heteroatoms. The molecular formula is C21H34O6. The number of ether oxygens (including phenoxy) is 3. The lowest BCUT2D eigenvalue weighted by Crippen LogP contribution is -2.43. The van der Waals surface area contributed by atoms with Crippen LogP contribution in [0.25, 0.3) is 0 Å². The number of carbonyl (C=O) groups excluding carboxylic acids is 3. The number of rotatable bonds is 6. The zero-order valence-corrected chi connectivity index (χ0v) is 17.7. The maximum atomic E-state index is 13.0. The lowest BCUT2D eigenvalue weighted by Gasteiger charge is -2.37. The monoisotopic (exact) mass is 382 g/mol. The van der Waals surface area contributed by atoms with Crippen LogP contribution in [0, 0.1) is 16.7 Å². The van der Waals surface area contributed by atoms with Gasteiger partial charge in [-0.05, 0) is 67.2 Å². The lowest BCUT2D eigenvalue weighted by molar-refractivity contribution is -0.176. The Hall–Kier alpha value is -1.59. The Morgan fingerprint density at radius 1 is 1.07 bits per heavy atom. The van der Waals surface area contributed by atoms with Gasteiger partial charge in [0, 0.05) is 6.42 Å². The van der Waals surface area contributed by atoms with Gasteiger partial charge in [-0.2, -0.15) is 0 Å². The molecule has 2 fully saturated rings. The molecule has 2 bridgehead atoms. The van der Waals surface area contributed by atoms with Crippen molar-refractivity contribution in [3.8, 4) is 0 Å². The highest BCUT2D eigenvalue weighted by atomic mass is 16.6. The van der Waals surface area contributed by atoms with Crippen molar-refractivity contribution in [3.05, 3.63) is 0 Å². The molecule has 1 aliphatic carbocycles. The van der Waals surface area contributed by atoms with Crippen molar-refractivity contribution >= 4 is 17.9 Å². The van der Waals surface area contributed by atoms with Crippen molar-refractivity contribution in [2.24, 2.45) is 16.7 Å². The van der Waals surface area contributed by atoms with Crippen LogP contribution in [0.3, 0.4) is 0 Å². The van der Waals surface area contributed by atoms with Crippen LogP contribution in [0.5, 0.6) is 0 Å². The van der Waals surface area contributed by atoms with E-state index in [0.29, 0.717) is 32.1 Å². The van der Waals surface area contributed by atoms with Gasteiger partial charge in [-0.15, -0.1) is 0 Å². The predicted octanol–water partition coefficient (Wildman–Crippen LogP) is 3.80. The average Bonchev–Trinajstić information content (AvgIpc) is 2.83. The van der Waals surface area contributed by atoms with Gasteiger partial charge in [0.05, 0.1) is 16.7 Å². The average molecular weight is 382 g/mol. The SMILES string of the molecule is CCC(C)(CC(C)(C)C(=O)OC(C)(C)C)C(=O)OC1CCC2CC1OC2=O. The molecule has 2 aliphatic rings. The van der Waals surface area contributed by atoms with E-state index in [9.17, 15) is 14.4 Å². The molecule has 0 amide bonds. The summed E-state index contributed by atoms with van der Waals surface area (Å²) in [6.45, 7) is 12.8. The number of hydrogen-bond acceptors (Lipinski definition) is 6. The second-order valence-corrected chi connectivity index (χ2v) is 9.91. The van der Waals surface area contributed by atoms with Crippen molar-refractivity contribution < 1.29 is 28.6 Å². The van der Waals surface area contributed by atoms with Gasteiger partial charge in [0.2, 0.25) is 0 Å². The summed E-state index contributed by atoms with van der Waals surface area (Å²) < 4.78 is 16.7. The van der Waals surface area contributed by atoms with E-state index in [1.165, 1.54) is 0 Å². The van der Waals surface area contributed by atoms with Gasteiger partial charge in [-0.25, -0.2) is 0 Å². The van der Waals surface area contributed by atoms with Crippen molar-refractivity contribution in [2.45, 2.75) is 98.4 Å². The highest BCUT2D eigenvalue weighted by molar-refractivity contribution is 5.81. The van der Waals surface area contributed by atoms with E-state index >= 15 is 0 Å². The van der Waals surface area contributed by atoms with Crippen LogP contribution in [-0.2, 0) is 28.6 Å². The van der Waals surface area contributed by atoms with E-state index in [1.807, 2.05) is 34.6 Å². The summed E-state index contributed by atoms with van der Waals surface area (Å²) in [6, 6.07) is 0. The van der Waals surface area contributed by atoms with Gasteiger partial charge >= 0.3 is 17.9 Å². The molecule has 6 nitrogen and oxygen atoms in total. The van der Waals surface area contributed by atoms with E-state index < -0.39 is 22.5 Å². The Morgan fingerprint density at radius 2 is 1.70 bits per heavy atom. The lowest BCUT2D eigenvalue weighted by atomic mass is 9.72. The molecule has 0 spiro atoms. The van der Waals surface area contributed by atoms with Gasteiger partial charge in [-0.1, -0.05) is 6.92 Å². The fourth-order valence-corrected chi connectivity index (χ4v) is 3.90. The fraction of sp³-hybridized carbons (Fsp3) is 0.857. The largest absolute Gasteiger partial charge is 0.460 e. The first-order chi connectivity index (χ1) is 12.3. The van der Waals surface area contributed by atoms with E-state index in [-0.39, 0.29) is 29.9 Å². The van der Waals surface area contributed by atoms with E-state index in [4.69, 9.17) is 14.2 Å². The summed E-state index contributed by atoms with van der Waals surface area (Å²) in [4.78, 5) is 37.3. The smallest absolute Gasteiger partial charge is 0.312 e. The molecule has 0 aromatic rings. The van der Waals surface area contributed by atoms with Gasteiger partial charge < -0.3 is 14.2 Å². The molecule has 154 valence electrons. The zero-order chi connectivity index (χ0) is 20.6. The predicted molar refractivity (Wildman–Crippen MR) is 99.7 cm³/mol. The first kappa shape index (κ1) is 21.7. The Labute approximate surface area is 162 Å². The van der Waals surface area contributed by atoms with Gasteiger partial charge in [0.25, 0.3) is 0 Å². The Kier molecular flexibility index (Phi) is 5.98. The Bertz CT molecular complexity index is 602. The standard InChI is InChI=1S/C21H34O6/c1-8-21(7,12-20(5,6)17(23)27-19(2,3)4)18(24)26-14-10-9-13-11-15(14)25-16(13)22/h13-15H,8-12H2,1-7H3. The number of fused-ring (bicyclic) bond motifs is 2. The van der Waals surface area contributed by atoms with Crippen LogP contribution in [0.4, 0.5) is 0 Å². The van der Waals surface area contributed by atoms with Crippen LogP contribution >= 0.6 is 0 Å². The summed E-state index contributed by atoms with van der Waals surface area (Å²) in [5.41, 5.74) is -2.23. The second kappa shape index (κ2) is 7.44. The summed E-state index contributed by atoms with van der Waals surface area (Å²) in [6.07, 6.45) is 2.10. The minimum absolute atomic E-state index is 0.0476. The van der Waals surface area contributed by atoms with Gasteiger partial charge in [0.1, 0.15) is 17.8 Å². The molecule has 0 aromatic carbocycles. The van der Waals surface area contributed by atoms with Crippen LogP contribution in [0.1, 0.15) is 80.6 Å².